The molecule has 3 aliphatic rings. The van der Waals surface area contributed by atoms with E-state index in [4.69, 9.17) is 4.74 Å². The van der Waals surface area contributed by atoms with Crippen molar-refractivity contribution < 1.29 is 29.6 Å². The van der Waals surface area contributed by atoms with Gasteiger partial charge in [-0.2, -0.15) is 0 Å². The van der Waals surface area contributed by atoms with E-state index in [1.165, 1.54) is 49.4 Å². The number of benzene rings is 5. The van der Waals surface area contributed by atoms with Crippen molar-refractivity contribution in [2.24, 2.45) is 0 Å². The molecule has 7 heteroatoms. The Bertz CT molecular complexity index is 2710. The first-order valence-electron chi connectivity index (χ1n) is 27.1. The molecular weight excluding hydrogens is 891 g/mol. The normalized spacial score (nSPS) is 16.4. The Morgan fingerprint density at radius 3 is 1.38 bits per heavy atom. The lowest BCUT2D eigenvalue weighted by Crippen LogP contribution is -2.30. The zero-order chi connectivity index (χ0) is 51.7. The number of hydrogen-bond donors (Lipinski definition) is 3. The van der Waals surface area contributed by atoms with Gasteiger partial charge >= 0.3 is 0 Å². The van der Waals surface area contributed by atoms with Gasteiger partial charge in [-0.05, 0) is 178 Å². The number of aryl methyl sites for hydroxylation is 4. The summed E-state index contributed by atoms with van der Waals surface area (Å²) < 4.78 is 6.18. The van der Waals surface area contributed by atoms with E-state index in [0.29, 0.717) is 30.0 Å². The number of fused-ring (bicyclic) bond motifs is 1. The molecule has 0 aromatic heterocycles. The van der Waals surface area contributed by atoms with Crippen molar-refractivity contribution in [3.63, 3.8) is 0 Å². The Kier molecular flexibility index (Phi) is 17.6. The van der Waals surface area contributed by atoms with Gasteiger partial charge in [-0.1, -0.05) is 150 Å². The van der Waals surface area contributed by atoms with Crippen LogP contribution in [0.5, 0.6) is 11.5 Å². The van der Waals surface area contributed by atoms with Crippen LogP contribution in [0.25, 0.3) is 12.2 Å². The first-order chi connectivity index (χ1) is 34.5. The first-order valence-corrected chi connectivity index (χ1v) is 27.1. The molecule has 72 heavy (non-hydrogen) atoms. The van der Waals surface area contributed by atoms with Gasteiger partial charge in [-0.15, -0.1) is 0 Å². The molecule has 0 unspecified atom stereocenters. The summed E-state index contributed by atoms with van der Waals surface area (Å²) in [6.07, 6.45) is 22.5. The number of aliphatic hydroxyl groups is 2. The van der Waals surface area contributed by atoms with Gasteiger partial charge in [-0.25, -0.2) is 0 Å². The Balaban J connectivity index is 0.000000234. The van der Waals surface area contributed by atoms with Crippen LogP contribution in [0, 0.1) is 27.7 Å². The number of rotatable bonds is 19. The monoisotopic (exact) mass is 972 g/mol. The van der Waals surface area contributed by atoms with E-state index in [9.17, 15) is 24.9 Å². The number of carbonyl (C=O) groups is 2. The highest BCUT2D eigenvalue weighted by molar-refractivity contribution is 6.21. The van der Waals surface area contributed by atoms with E-state index < -0.39 is 11.2 Å². The lowest BCUT2D eigenvalue weighted by atomic mass is 9.70. The van der Waals surface area contributed by atoms with Crippen LogP contribution in [0.3, 0.4) is 0 Å². The highest BCUT2D eigenvalue weighted by Crippen LogP contribution is 2.43. The SMILES string of the molecule is CCC(CC)(c1ccc(/C=C/C2(O)CCCC2)c(C)c1)c1ccc(OCCCCCN2C(=O)c3ccccc3C2=O)c(C)c1.CCC(CC)(c1ccc(O)c(C)c1)c1ccc(/C=C/C2(O)CCCC2)c(C)c1. The molecule has 2 fully saturated rings. The molecule has 2 saturated carbocycles. The van der Waals surface area contributed by atoms with Crippen molar-refractivity contribution in [1.29, 1.82) is 0 Å². The summed E-state index contributed by atoms with van der Waals surface area (Å²) in [7, 11) is 0. The highest BCUT2D eigenvalue weighted by atomic mass is 16.5. The van der Waals surface area contributed by atoms with E-state index in [1.807, 2.05) is 25.1 Å². The molecule has 2 aliphatic carbocycles. The molecule has 0 saturated heterocycles. The largest absolute Gasteiger partial charge is 0.508 e. The van der Waals surface area contributed by atoms with Crippen LogP contribution >= 0.6 is 0 Å². The molecular formula is C65H81NO6. The Morgan fingerprint density at radius 1 is 0.542 bits per heavy atom. The van der Waals surface area contributed by atoms with Crippen LogP contribution in [0.4, 0.5) is 0 Å². The number of carbonyl (C=O) groups excluding carboxylic acids is 2. The Labute approximate surface area is 431 Å². The number of amides is 2. The van der Waals surface area contributed by atoms with Gasteiger partial charge in [-0.3, -0.25) is 14.5 Å². The minimum Gasteiger partial charge on any atom is -0.508 e. The van der Waals surface area contributed by atoms with Crippen molar-refractivity contribution in [1.82, 2.24) is 4.90 Å². The average Bonchev–Trinajstić information content (AvgIpc) is 4.09. The van der Waals surface area contributed by atoms with Crippen LogP contribution in [0.2, 0.25) is 0 Å². The molecule has 5 aromatic rings. The van der Waals surface area contributed by atoms with E-state index >= 15 is 0 Å². The van der Waals surface area contributed by atoms with Crippen molar-refractivity contribution in [2.45, 2.75) is 174 Å². The summed E-state index contributed by atoms with van der Waals surface area (Å²) in [5.74, 6) is 0.882. The third kappa shape index (κ3) is 11.7. The van der Waals surface area contributed by atoms with Crippen LogP contribution in [-0.4, -0.2) is 56.4 Å². The minimum absolute atomic E-state index is 0.0604. The third-order valence-corrected chi connectivity index (χ3v) is 16.8. The number of imide groups is 1. The fourth-order valence-electron chi connectivity index (χ4n) is 11.8. The summed E-state index contributed by atoms with van der Waals surface area (Å²) >= 11 is 0. The fraction of sp³-hybridized carbons (Fsp3) is 0.446. The van der Waals surface area contributed by atoms with E-state index in [-0.39, 0.29) is 22.6 Å². The average molecular weight is 972 g/mol. The molecule has 0 radical (unpaired) electrons. The van der Waals surface area contributed by atoms with E-state index in [0.717, 1.165) is 113 Å². The molecule has 8 rings (SSSR count). The standard InChI is InChI=1S/C39H47NO4.C26H34O2/c1-5-39(6-2,31-17-16-30(28(3)26-31)20-23-38(43)21-10-11-22-38)32-18-19-35(29(4)27-32)44-25-13-7-12-24-40-36(41)33-14-8-9-15-34(33)37(40)42;1-5-26(6-2,23-11-12-24(27)20(4)18-23)22-10-9-21(19(3)17-22)13-16-25(28)14-7-8-15-25/h8-9,14-20,23,26-27,43H,5-7,10-13,21-22,24-25H2,1-4H3;9-13,16-18,27-28H,5-8,14-15H2,1-4H3/b23-20+;16-13+. The Morgan fingerprint density at radius 2 is 0.958 bits per heavy atom. The van der Waals surface area contributed by atoms with Gasteiger partial charge in [0.05, 0.1) is 28.9 Å². The molecule has 0 atom stereocenters. The molecule has 3 N–H and O–H groups in total. The molecule has 5 aromatic carbocycles. The molecule has 2 amide bonds. The van der Waals surface area contributed by atoms with E-state index in [2.05, 4.69) is 127 Å². The molecule has 1 heterocycles. The van der Waals surface area contributed by atoms with Crippen LogP contribution in [0.15, 0.2) is 109 Å². The second kappa shape index (κ2) is 23.4. The third-order valence-electron chi connectivity index (χ3n) is 16.8. The number of unbranched alkanes of at least 4 members (excludes halogenated alkanes) is 2. The zero-order valence-corrected chi connectivity index (χ0v) is 44.6. The van der Waals surface area contributed by atoms with Crippen molar-refractivity contribution in [2.75, 3.05) is 13.2 Å². The molecule has 7 nitrogen and oxygen atoms in total. The van der Waals surface area contributed by atoms with Crippen LogP contribution in [-0.2, 0) is 10.8 Å². The highest BCUT2D eigenvalue weighted by Gasteiger charge is 2.36. The predicted octanol–water partition coefficient (Wildman–Crippen LogP) is 15.0. The maximum atomic E-state index is 12.6. The summed E-state index contributed by atoms with van der Waals surface area (Å²) in [6.45, 7) is 18.4. The van der Waals surface area contributed by atoms with Crippen molar-refractivity contribution in [3.8, 4) is 11.5 Å². The van der Waals surface area contributed by atoms with Gasteiger partial charge in [0, 0.05) is 17.4 Å². The minimum atomic E-state index is -0.648. The topological polar surface area (TPSA) is 107 Å². The number of phenolic OH excluding ortho intramolecular Hbond substituents is 1. The summed E-state index contributed by atoms with van der Waals surface area (Å²) in [4.78, 5) is 26.5. The number of aromatic hydroxyl groups is 1. The van der Waals surface area contributed by atoms with Crippen molar-refractivity contribution in [3.05, 3.63) is 176 Å². The van der Waals surface area contributed by atoms with Gasteiger partial charge in [0.25, 0.3) is 11.8 Å². The number of ether oxygens (including phenoxy) is 1. The van der Waals surface area contributed by atoms with Crippen LogP contribution in [0.1, 0.15) is 200 Å². The Hall–Kier alpha value is -5.76. The zero-order valence-electron chi connectivity index (χ0n) is 44.6. The first kappa shape index (κ1) is 54.0. The summed E-state index contributed by atoms with van der Waals surface area (Å²) in [5.41, 5.74) is 11.6. The second-order valence-electron chi connectivity index (χ2n) is 21.2. The summed E-state index contributed by atoms with van der Waals surface area (Å²) in [5, 5.41) is 31.3. The van der Waals surface area contributed by atoms with Gasteiger partial charge < -0.3 is 20.1 Å². The van der Waals surface area contributed by atoms with Crippen LogP contribution < -0.4 is 4.74 Å². The van der Waals surface area contributed by atoms with E-state index in [1.54, 1.807) is 24.3 Å². The summed E-state index contributed by atoms with van der Waals surface area (Å²) in [6, 6.07) is 33.2. The van der Waals surface area contributed by atoms with Gasteiger partial charge in [0.15, 0.2) is 0 Å². The fourth-order valence-corrected chi connectivity index (χ4v) is 11.8. The lowest BCUT2D eigenvalue weighted by Gasteiger charge is -2.34. The van der Waals surface area contributed by atoms with Gasteiger partial charge in [0.2, 0.25) is 0 Å². The quantitative estimate of drug-likeness (QED) is 0.0562. The molecule has 1 aliphatic heterocycles. The number of nitrogens with zero attached hydrogens (tertiary/aromatic N) is 1. The van der Waals surface area contributed by atoms with Gasteiger partial charge in [0.1, 0.15) is 11.5 Å². The number of phenols is 1. The predicted molar refractivity (Wildman–Crippen MR) is 295 cm³/mol. The molecule has 0 spiro atoms. The lowest BCUT2D eigenvalue weighted by molar-refractivity contribution is 0.0650. The molecule has 382 valence electrons. The second-order valence-corrected chi connectivity index (χ2v) is 21.2. The smallest absolute Gasteiger partial charge is 0.261 e. The van der Waals surface area contributed by atoms with Crippen molar-refractivity contribution >= 4 is 24.0 Å². The molecule has 0 bridgehead atoms. The number of hydrogen-bond acceptors (Lipinski definition) is 6. The maximum Gasteiger partial charge on any atom is 0.261 e. The maximum absolute atomic E-state index is 12.6.